The molecule has 0 radical (unpaired) electrons. The van der Waals surface area contributed by atoms with Crippen LogP contribution in [0.15, 0.2) is 24.3 Å². The zero-order valence-corrected chi connectivity index (χ0v) is 10.3. The number of carbonyl (C=O) groups excluding carboxylic acids is 1. The van der Waals surface area contributed by atoms with Crippen LogP contribution in [0.2, 0.25) is 0 Å². The first-order valence-electron chi connectivity index (χ1n) is 5.54. The molecule has 3 N–H and O–H groups in total. The SMILES string of the molecule is CN(C)C(=O)CNc1nc(N)nc2ccccc12. The first-order chi connectivity index (χ1) is 8.58. The largest absolute Gasteiger partial charge is 0.368 e. The number of likely N-dealkylation sites (N-methyl/N-ethyl adjacent to an activating group) is 1. The number of para-hydroxylation sites is 1. The fourth-order valence-electron chi connectivity index (χ4n) is 1.55. The quantitative estimate of drug-likeness (QED) is 0.832. The third kappa shape index (κ3) is 2.48. The molecule has 1 amide bonds. The van der Waals surface area contributed by atoms with Gasteiger partial charge in [-0.05, 0) is 12.1 Å². The van der Waals surface area contributed by atoms with Crippen LogP contribution in [0.3, 0.4) is 0 Å². The van der Waals surface area contributed by atoms with Gasteiger partial charge in [0.1, 0.15) is 5.82 Å². The van der Waals surface area contributed by atoms with E-state index in [-0.39, 0.29) is 18.4 Å². The van der Waals surface area contributed by atoms with Crippen molar-refractivity contribution >= 4 is 28.6 Å². The smallest absolute Gasteiger partial charge is 0.241 e. The Labute approximate surface area is 105 Å². The molecule has 1 aromatic carbocycles. The lowest BCUT2D eigenvalue weighted by Crippen LogP contribution is -2.28. The van der Waals surface area contributed by atoms with Gasteiger partial charge in [-0.15, -0.1) is 0 Å². The van der Waals surface area contributed by atoms with Gasteiger partial charge in [0, 0.05) is 19.5 Å². The van der Waals surface area contributed by atoms with Gasteiger partial charge in [0.05, 0.1) is 12.1 Å². The summed E-state index contributed by atoms with van der Waals surface area (Å²) in [7, 11) is 3.41. The first kappa shape index (κ1) is 12.1. The average molecular weight is 245 g/mol. The van der Waals surface area contributed by atoms with E-state index < -0.39 is 0 Å². The lowest BCUT2D eigenvalue weighted by Gasteiger charge is -2.12. The summed E-state index contributed by atoms with van der Waals surface area (Å²) in [6.45, 7) is 0.174. The zero-order chi connectivity index (χ0) is 13.1. The number of rotatable bonds is 3. The molecular weight excluding hydrogens is 230 g/mol. The number of hydrogen-bond donors (Lipinski definition) is 2. The molecule has 1 aromatic heterocycles. The Balaban J connectivity index is 2.30. The van der Waals surface area contributed by atoms with Crippen LogP contribution in [-0.4, -0.2) is 41.4 Å². The molecule has 0 saturated heterocycles. The van der Waals surface area contributed by atoms with Gasteiger partial charge in [0.2, 0.25) is 11.9 Å². The molecule has 0 fully saturated rings. The number of nitrogens with one attached hydrogen (secondary N) is 1. The van der Waals surface area contributed by atoms with Gasteiger partial charge in [-0.3, -0.25) is 4.79 Å². The molecule has 1 heterocycles. The summed E-state index contributed by atoms with van der Waals surface area (Å²) in [6, 6.07) is 7.51. The van der Waals surface area contributed by atoms with Crippen LogP contribution >= 0.6 is 0 Å². The second-order valence-electron chi connectivity index (χ2n) is 4.09. The minimum absolute atomic E-state index is 0.0312. The third-order valence-corrected chi connectivity index (χ3v) is 2.53. The highest BCUT2D eigenvalue weighted by Crippen LogP contribution is 2.20. The van der Waals surface area contributed by atoms with E-state index in [9.17, 15) is 4.79 Å². The minimum Gasteiger partial charge on any atom is -0.368 e. The Morgan fingerprint density at radius 2 is 2.06 bits per heavy atom. The van der Waals surface area contributed by atoms with E-state index in [1.54, 1.807) is 14.1 Å². The molecule has 2 aromatic rings. The molecule has 0 bridgehead atoms. The van der Waals surface area contributed by atoms with Crippen molar-refractivity contribution in [2.75, 3.05) is 31.7 Å². The fourth-order valence-corrected chi connectivity index (χ4v) is 1.55. The van der Waals surface area contributed by atoms with E-state index in [4.69, 9.17) is 5.73 Å². The predicted molar refractivity (Wildman–Crippen MR) is 71.1 cm³/mol. The normalized spacial score (nSPS) is 10.3. The van der Waals surface area contributed by atoms with Gasteiger partial charge < -0.3 is 16.0 Å². The van der Waals surface area contributed by atoms with Crippen molar-refractivity contribution in [3.05, 3.63) is 24.3 Å². The third-order valence-electron chi connectivity index (χ3n) is 2.53. The second kappa shape index (κ2) is 4.87. The van der Waals surface area contributed by atoms with Gasteiger partial charge in [0.15, 0.2) is 0 Å². The molecule has 0 aliphatic carbocycles. The van der Waals surface area contributed by atoms with E-state index in [2.05, 4.69) is 15.3 Å². The van der Waals surface area contributed by atoms with E-state index in [1.807, 2.05) is 24.3 Å². The number of nitrogens with zero attached hydrogens (tertiary/aromatic N) is 3. The molecule has 18 heavy (non-hydrogen) atoms. The number of nitrogen functional groups attached to an aromatic ring is 1. The number of fused-ring (bicyclic) bond motifs is 1. The standard InChI is InChI=1S/C12H15N5O/c1-17(2)10(18)7-14-11-8-5-3-4-6-9(8)15-12(13)16-11/h3-6H,7H2,1-2H3,(H3,13,14,15,16). The van der Waals surface area contributed by atoms with Crippen molar-refractivity contribution in [1.82, 2.24) is 14.9 Å². The highest BCUT2D eigenvalue weighted by atomic mass is 16.2. The number of nitrogens with two attached hydrogens (primary N) is 1. The Morgan fingerprint density at radius 3 is 2.78 bits per heavy atom. The fraction of sp³-hybridized carbons (Fsp3) is 0.250. The van der Waals surface area contributed by atoms with Crippen molar-refractivity contribution in [3.63, 3.8) is 0 Å². The van der Waals surface area contributed by atoms with Crippen LogP contribution in [0.5, 0.6) is 0 Å². The lowest BCUT2D eigenvalue weighted by molar-refractivity contribution is -0.126. The van der Waals surface area contributed by atoms with E-state index in [0.29, 0.717) is 5.82 Å². The molecule has 0 saturated carbocycles. The number of benzene rings is 1. The highest BCUT2D eigenvalue weighted by Gasteiger charge is 2.08. The van der Waals surface area contributed by atoms with Crippen molar-refractivity contribution in [2.45, 2.75) is 0 Å². The van der Waals surface area contributed by atoms with Gasteiger partial charge >= 0.3 is 0 Å². The maximum atomic E-state index is 11.5. The second-order valence-corrected chi connectivity index (χ2v) is 4.09. The molecule has 0 aliphatic rings. The Hall–Kier alpha value is -2.37. The van der Waals surface area contributed by atoms with Crippen molar-refractivity contribution < 1.29 is 4.79 Å². The highest BCUT2D eigenvalue weighted by molar-refractivity contribution is 5.91. The van der Waals surface area contributed by atoms with Crippen LogP contribution in [0.4, 0.5) is 11.8 Å². The predicted octanol–water partition coefficient (Wildman–Crippen LogP) is 0.712. The van der Waals surface area contributed by atoms with Gasteiger partial charge in [0.25, 0.3) is 0 Å². The van der Waals surface area contributed by atoms with Crippen molar-refractivity contribution in [1.29, 1.82) is 0 Å². The molecular formula is C12H15N5O. The Bertz CT molecular complexity index is 582. The Morgan fingerprint density at radius 1 is 1.33 bits per heavy atom. The summed E-state index contributed by atoms with van der Waals surface area (Å²) in [4.78, 5) is 21.3. The van der Waals surface area contributed by atoms with Crippen LogP contribution in [-0.2, 0) is 4.79 Å². The molecule has 6 heteroatoms. The van der Waals surface area contributed by atoms with Crippen LogP contribution in [0, 0.1) is 0 Å². The van der Waals surface area contributed by atoms with Crippen LogP contribution < -0.4 is 11.1 Å². The zero-order valence-electron chi connectivity index (χ0n) is 10.3. The molecule has 0 atom stereocenters. The van der Waals surface area contributed by atoms with Crippen molar-refractivity contribution in [3.8, 4) is 0 Å². The summed E-state index contributed by atoms with van der Waals surface area (Å²) >= 11 is 0. The lowest BCUT2D eigenvalue weighted by atomic mass is 10.2. The summed E-state index contributed by atoms with van der Waals surface area (Å²) in [5.41, 5.74) is 6.39. The summed E-state index contributed by atoms with van der Waals surface area (Å²) < 4.78 is 0. The average Bonchev–Trinajstić information content (AvgIpc) is 2.35. The monoisotopic (exact) mass is 245 g/mol. The number of anilines is 2. The minimum atomic E-state index is -0.0312. The van der Waals surface area contributed by atoms with E-state index >= 15 is 0 Å². The summed E-state index contributed by atoms with van der Waals surface area (Å²) in [5.74, 6) is 0.734. The van der Waals surface area contributed by atoms with Gasteiger partial charge in [-0.2, -0.15) is 4.98 Å². The summed E-state index contributed by atoms with van der Waals surface area (Å²) in [5, 5.41) is 3.83. The van der Waals surface area contributed by atoms with Gasteiger partial charge in [-0.25, -0.2) is 4.98 Å². The molecule has 0 unspecified atom stereocenters. The number of hydrogen-bond acceptors (Lipinski definition) is 5. The Kier molecular flexibility index (Phi) is 3.27. The van der Waals surface area contributed by atoms with E-state index in [1.165, 1.54) is 4.90 Å². The maximum absolute atomic E-state index is 11.5. The molecule has 94 valence electrons. The number of carbonyl (C=O) groups is 1. The molecule has 0 spiro atoms. The topological polar surface area (TPSA) is 84.1 Å². The van der Waals surface area contributed by atoms with Crippen LogP contribution in [0.25, 0.3) is 10.9 Å². The molecule has 6 nitrogen and oxygen atoms in total. The van der Waals surface area contributed by atoms with Gasteiger partial charge in [-0.1, -0.05) is 12.1 Å². The molecule has 0 aliphatic heterocycles. The summed E-state index contributed by atoms with van der Waals surface area (Å²) in [6.07, 6.45) is 0. The van der Waals surface area contributed by atoms with E-state index in [0.717, 1.165) is 10.9 Å². The maximum Gasteiger partial charge on any atom is 0.241 e. The molecule has 2 rings (SSSR count). The number of amides is 1. The first-order valence-corrected chi connectivity index (χ1v) is 5.54. The van der Waals surface area contributed by atoms with Crippen LogP contribution in [0.1, 0.15) is 0 Å². The number of aromatic nitrogens is 2. The van der Waals surface area contributed by atoms with Crippen molar-refractivity contribution in [2.24, 2.45) is 0 Å².